The molecular formula is C38H38As2N10O8S2. The molecule has 0 unspecified atom stereocenters. The second-order valence-corrected chi connectivity index (χ2v) is 20.3. The molecule has 6 aromatic rings. The summed E-state index contributed by atoms with van der Waals surface area (Å²) < 4.78 is 73.1. The molecule has 2 radical (unpaired) electrons. The number of aliphatic hydroxyl groups is 2. The van der Waals surface area contributed by atoms with Crippen molar-refractivity contribution >= 4 is 117 Å². The molecule has 0 atom stereocenters. The molecule has 310 valence electrons. The Morgan fingerprint density at radius 2 is 0.950 bits per heavy atom. The van der Waals surface area contributed by atoms with Gasteiger partial charge in [0.2, 0.25) is 0 Å². The predicted octanol–water partition coefficient (Wildman–Crippen LogP) is 0.375. The molecule has 60 heavy (non-hydrogen) atoms. The summed E-state index contributed by atoms with van der Waals surface area (Å²) in [6, 6.07) is 27.3. The Kier molecular flexibility index (Phi) is 14.6. The molecule has 2 heterocycles. The van der Waals surface area contributed by atoms with Crippen LogP contribution in [0.15, 0.2) is 107 Å². The van der Waals surface area contributed by atoms with Gasteiger partial charge in [0.05, 0.1) is 0 Å². The molecule has 0 saturated heterocycles. The molecule has 22 heteroatoms. The van der Waals surface area contributed by atoms with Gasteiger partial charge in [-0.05, 0) is 0 Å². The van der Waals surface area contributed by atoms with E-state index in [-0.39, 0.29) is 61.2 Å². The first-order valence-electron chi connectivity index (χ1n) is 17.8. The number of hydrogen-bond acceptors (Lipinski definition) is 16. The number of rotatable bonds is 18. The topological polar surface area (TPSA) is 257 Å². The van der Waals surface area contributed by atoms with Crippen molar-refractivity contribution in [2.45, 2.75) is 9.79 Å². The maximum absolute atomic E-state index is 12.7. The number of anilines is 6. The van der Waals surface area contributed by atoms with Crippen molar-refractivity contribution in [1.82, 2.24) is 29.9 Å². The fraction of sp³-hybridized carbons (Fsp3) is 0.158. The third-order valence-corrected chi connectivity index (χ3v) is 14.0. The molecule has 0 fully saturated rings. The van der Waals surface area contributed by atoms with Crippen LogP contribution in [0.5, 0.6) is 0 Å². The number of nitrogens with zero attached hydrogens (tertiary/aromatic N) is 8. The third kappa shape index (κ3) is 12.1. The summed E-state index contributed by atoms with van der Waals surface area (Å²) in [5.41, 5.74) is 1.55. The van der Waals surface area contributed by atoms with Crippen LogP contribution < -0.4 is 38.4 Å². The van der Waals surface area contributed by atoms with Gasteiger partial charge in [-0.15, -0.1) is 0 Å². The molecule has 0 amide bonds. The third-order valence-electron chi connectivity index (χ3n) is 8.29. The summed E-state index contributed by atoms with van der Waals surface area (Å²) in [4.78, 5) is 29.6. The monoisotopic (exact) mass is 976 g/mol. The first-order valence-corrected chi connectivity index (χ1v) is 24.5. The number of likely N-dealkylation sites (N-methyl/N-ethyl adjacent to an activating group) is 2. The van der Waals surface area contributed by atoms with Crippen molar-refractivity contribution in [3.63, 3.8) is 0 Å². The Labute approximate surface area is 359 Å². The first kappa shape index (κ1) is 44.3. The van der Waals surface area contributed by atoms with Gasteiger partial charge in [0.25, 0.3) is 0 Å². The predicted molar refractivity (Wildman–Crippen MR) is 231 cm³/mol. The zero-order valence-corrected chi connectivity index (χ0v) is 37.3. The second-order valence-electron chi connectivity index (χ2n) is 12.7. The summed E-state index contributed by atoms with van der Waals surface area (Å²) in [6.45, 7) is 0.215. The van der Waals surface area contributed by atoms with Crippen LogP contribution in [0.2, 0.25) is 0 Å². The number of para-hydroxylation sites is 2. The molecule has 0 bridgehead atoms. The van der Waals surface area contributed by atoms with Crippen LogP contribution in [0.4, 0.5) is 35.2 Å². The van der Waals surface area contributed by atoms with Crippen LogP contribution >= 0.6 is 0 Å². The molecular weight excluding hydrogens is 938 g/mol. The molecule has 4 aromatic carbocycles. The van der Waals surface area contributed by atoms with E-state index in [1.165, 1.54) is 36.4 Å². The van der Waals surface area contributed by atoms with Gasteiger partial charge in [-0.2, -0.15) is 0 Å². The van der Waals surface area contributed by atoms with E-state index in [0.29, 0.717) is 17.9 Å². The van der Waals surface area contributed by atoms with Crippen LogP contribution in [-0.4, -0.2) is 138 Å². The van der Waals surface area contributed by atoms with E-state index in [4.69, 9.17) is 0 Å². The molecule has 0 saturated carbocycles. The SMILES string of the molecule is CN(CCO)c1nc(Nc2ccccc2)nc([As]c2ccc(C=Cc3ccc([As]c4nc(Nc5ccccc5)nc(N(C)CCO)n4)cc3S(=O)(=O)O)c(S(=O)(=O)O)c2)n1. The minimum atomic E-state index is -4.79. The van der Waals surface area contributed by atoms with Crippen molar-refractivity contribution in [2.75, 3.05) is 60.8 Å². The fourth-order valence-corrected chi connectivity index (χ4v) is 10.8. The Morgan fingerprint density at radius 3 is 1.30 bits per heavy atom. The quantitative estimate of drug-likeness (QED) is 0.0387. The molecule has 0 aliphatic rings. The van der Waals surface area contributed by atoms with Gasteiger partial charge in [-0.25, -0.2) is 0 Å². The van der Waals surface area contributed by atoms with E-state index in [9.17, 15) is 36.2 Å². The number of benzene rings is 4. The number of hydrogen-bond donors (Lipinski definition) is 6. The van der Waals surface area contributed by atoms with Crippen LogP contribution in [0.1, 0.15) is 11.1 Å². The first-order chi connectivity index (χ1) is 28.7. The Hall–Kier alpha value is -5.30. The van der Waals surface area contributed by atoms with Crippen molar-refractivity contribution in [3.8, 4) is 0 Å². The van der Waals surface area contributed by atoms with Gasteiger partial charge in [-0.3, -0.25) is 0 Å². The van der Waals surface area contributed by atoms with E-state index < -0.39 is 61.5 Å². The molecule has 2 aromatic heterocycles. The van der Waals surface area contributed by atoms with E-state index in [0.717, 1.165) is 11.4 Å². The Morgan fingerprint density at radius 1 is 0.567 bits per heavy atom. The number of nitrogens with one attached hydrogen (secondary N) is 2. The number of aromatic nitrogens is 6. The zero-order chi connectivity index (χ0) is 42.9. The number of aliphatic hydroxyl groups excluding tert-OH is 2. The molecule has 0 aliphatic heterocycles. The maximum atomic E-state index is 12.7. The van der Waals surface area contributed by atoms with Crippen molar-refractivity contribution in [2.24, 2.45) is 0 Å². The van der Waals surface area contributed by atoms with E-state index in [1.54, 1.807) is 36.0 Å². The summed E-state index contributed by atoms with van der Waals surface area (Å²) in [5, 5.41) is 25.3. The van der Waals surface area contributed by atoms with Gasteiger partial charge in [0.1, 0.15) is 0 Å². The Bertz CT molecular complexity index is 2520. The normalized spacial score (nSPS) is 12.2. The molecule has 6 N–H and O–H groups in total. The average molecular weight is 977 g/mol. The Balaban J connectivity index is 1.29. The average Bonchev–Trinajstić information content (AvgIpc) is 3.20. The van der Waals surface area contributed by atoms with Gasteiger partial charge >= 0.3 is 362 Å². The molecule has 18 nitrogen and oxygen atoms in total. The van der Waals surface area contributed by atoms with E-state index in [2.05, 4.69) is 40.5 Å². The standard InChI is InChI=1S/C38H38As2N10O8S2/c1-49(19-21-51)37-45-33(43-35(47-37)41-29-9-5-3-6-10-29)39-27-17-15-25(31(23-27)59(53,54)55)13-14-26-16-18-28(24-32(26)60(56,57)58)40-34-44-36(42-30-11-7-4-8-12-30)48-38(46-34)50(2)20-22-52/h3-18,23-24,51-52H,19-22H2,1-2H3,(H,53,54,55)(H,56,57,58)(H,41,43,45,47)(H,42,44,46,48). The fourth-order valence-electron chi connectivity index (χ4n) is 5.38. The summed E-state index contributed by atoms with van der Waals surface area (Å²) in [7, 11) is -6.16. The van der Waals surface area contributed by atoms with Crippen molar-refractivity contribution in [1.29, 1.82) is 0 Å². The van der Waals surface area contributed by atoms with Gasteiger partial charge in [0, 0.05) is 0 Å². The summed E-state index contributed by atoms with van der Waals surface area (Å²) in [5.74, 6) is 1.06. The molecule has 0 aliphatic carbocycles. The summed E-state index contributed by atoms with van der Waals surface area (Å²) in [6.07, 6.45) is 2.65. The molecule has 0 spiro atoms. The molecule has 6 rings (SSSR count). The van der Waals surface area contributed by atoms with Crippen LogP contribution in [0, 0.1) is 0 Å². The van der Waals surface area contributed by atoms with Crippen LogP contribution in [-0.2, 0) is 20.2 Å². The van der Waals surface area contributed by atoms with E-state index in [1.807, 2.05) is 60.7 Å². The van der Waals surface area contributed by atoms with Gasteiger partial charge in [-0.1, -0.05) is 0 Å². The van der Waals surface area contributed by atoms with Crippen molar-refractivity contribution in [3.05, 3.63) is 108 Å². The van der Waals surface area contributed by atoms with Crippen molar-refractivity contribution < 1.29 is 36.2 Å². The van der Waals surface area contributed by atoms with Crippen LogP contribution in [0.25, 0.3) is 12.2 Å². The van der Waals surface area contributed by atoms with Crippen LogP contribution in [0.3, 0.4) is 0 Å². The summed E-state index contributed by atoms with van der Waals surface area (Å²) >= 11 is -2.13. The van der Waals surface area contributed by atoms with E-state index >= 15 is 0 Å². The second kappa shape index (κ2) is 19.8. The van der Waals surface area contributed by atoms with Gasteiger partial charge < -0.3 is 0 Å². The zero-order valence-electron chi connectivity index (χ0n) is 31.9. The minimum absolute atomic E-state index is 0.0488. The van der Waals surface area contributed by atoms with Gasteiger partial charge in [0.15, 0.2) is 0 Å².